The number of hydrogen-bond acceptors (Lipinski definition) is 6. The summed E-state index contributed by atoms with van der Waals surface area (Å²) < 4.78 is 217. The topological polar surface area (TPSA) is 168 Å². The molecule has 0 heterocycles. The smallest absolute Gasteiger partial charge is 0.385 e. The van der Waals surface area contributed by atoms with Crippen LogP contribution >= 0.6 is 0 Å². The molecule has 316 valence electrons. The maximum absolute atomic E-state index is 14.9. The molecule has 0 aromatic heterocycles. The first-order valence-electron chi connectivity index (χ1n) is 15.3. The molecule has 0 unspecified atom stereocenters. The van der Waals surface area contributed by atoms with E-state index >= 15 is 0 Å². The van der Waals surface area contributed by atoms with Gasteiger partial charge in [0.15, 0.2) is 0 Å². The summed E-state index contributed by atoms with van der Waals surface area (Å²) in [5.74, 6) is -63.4. The summed E-state index contributed by atoms with van der Waals surface area (Å²) in [7, 11) is 0. The molecule has 0 aliphatic heterocycles. The first-order chi connectivity index (χ1) is 26.9. The van der Waals surface area contributed by atoms with Gasteiger partial charge >= 0.3 is 65.3 Å². The van der Waals surface area contributed by atoms with Gasteiger partial charge in [-0.15, -0.1) is 0 Å². The lowest BCUT2D eigenvalue weighted by atomic mass is 9.86. The molecule has 0 saturated heterocycles. The average Bonchev–Trinajstić information content (AvgIpc) is 3.14. The largest absolute Gasteiger partial charge is 0.478 e. The lowest BCUT2D eigenvalue weighted by Gasteiger charge is -2.42. The van der Waals surface area contributed by atoms with Gasteiger partial charge in [-0.05, 0) is 84.9 Å². The minimum atomic E-state index is -8.40. The third-order valence-electron chi connectivity index (χ3n) is 8.17. The molecule has 10 nitrogen and oxygen atoms in total. The minimum Gasteiger partial charge on any atom is -0.478 e. The maximum atomic E-state index is 14.9. The molecule has 0 aliphatic rings. The zero-order chi connectivity index (χ0) is 44.9. The Labute approximate surface area is 317 Å². The van der Waals surface area contributed by atoms with E-state index in [4.69, 9.17) is 29.9 Å². The Kier molecular flexibility index (Phi) is 11.4. The molecule has 4 rings (SSSR count). The molecule has 0 spiro atoms. The Morgan fingerprint density at radius 1 is 0.339 bits per heavy atom. The van der Waals surface area contributed by atoms with Crippen molar-refractivity contribution in [2.45, 2.75) is 41.5 Å². The van der Waals surface area contributed by atoms with E-state index in [-0.39, 0.29) is 48.5 Å². The average molecular weight is 864 g/mol. The fourth-order valence-electron chi connectivity index (χ4n) is 4.99. The van der Waals surface area contributed by atoms with E-state index in [1.54, 1.807) is 0 Å². The standard InChI is InChI=1S/C35H18F14O10/c36-29(37,15-1-5-17(6-2-15)58-19-9-11-21(25(50)51)23(13-19)27(54)55)31(40,41)33(44,45)35(48,49)34(46,47)32(42,43)30(38,39)16-3-7-18(8-4-16)59-20-10-12-22(26(52)53)24(14-20)28(56)57/h1-14H,(H,50,51)(H,52,53)(H,54,55)(H,56,57). The quantitative estimate of drug-likeness (QED) is 0.0796. The van der Waals surface area contributed by atoms with E-state index in [9.17, 15) is 80.6 Å². The summed E-state index contributed by atoms with van der Waals surface area (Å²) >= 11 is 0. The number of hydrogen-bond donors (Lipinski definition) is 4. The number of benzene rings is 4. The third kappa shape index (κ3) is 7.48. The van der Waals surface area contributed by atoms with Gasteiger partial charge in [0, 0.05) is 11.1 Å². The zero-order valence-electron chi connectivity index (χ0n) is 28.1. The molecule has 59 heavy (non-hydrogen) atoms. The summed E-state index contributed by atoms with van der Waals surface area (Å²) in [5, 5.41) is 36.4. The van der Waals surface area contributed by atoms with Gasteiger partial charge in [0.2, 0.25) is 0 Å². The Bertz CT molecular complexity index is 2140. The fourth-order valence-corrected chi connectivity index (χ4v) is 4.99. The van der Waals surface area contributed by atoms with Gasteiger partial charge in [-0.3, -0.25) is 0 Å². The van der Waals surface area contributed by atoms with Crippen LogP contribution in [0.5, 0.6) is 23.0 Å². The molecular weight excluding hydrogens is 846 g/mol. The molecule has 24 heteroatoms. The van der Waals surface area contributed by atoms with Crippen molar-refractivity contribution in [2.24, 2.45) is 0 Å². The molecule has 0 saturated carbocycles. The number of carbonyl (C=O) groups is 4. The molecule has 0 atom stereocenters. The molecule has 0 fully saturated rings. The normalized spacial score (nSPS) is 13.1. The Morgan fingerprint density at radius 3 is 0.831 bits per heavy atom. The predicted octanol–water partition coefficient (Wildman–Crippen LogP) is 10.1. The minimum absolute atomic E-state index is 0.231. The van der Waals surface area contributed by atoms with Crippen LogP contribution < -0.4 is 9.47 Å². The second-order valence-corrected chi connectivity index (χ2v) is 11.9. The van der Waals surface area contributed by atoms with Crippen molar-refractivity contribution in [2.75, 3.05) is 0 Å². The van der Waals surface area contributed by atoms with E-state index in [2.05, 4.69) is 0 Å². The van der Waals surface area contributed by atoms with Gasteiger partial charge < -0.3 is 29.9 Å². The molecule has 4 N–H and O–H groups in total. The lowest BCUT2D eigenvalue weighted by molar-refractivity contribution is -0.444. The van der Waals surface area contributed by atoms with Gasteiger partial charge in [0.1, 0.15) is 23.0 Å². The Balaban J connectivity index is 1.61. The molecule has 0 aliphatic carbocycles. The highest BCUT2D eigenvalue weighted by Gasteiger charge is 2.93. The summed E-state index contributed by atoms with van der Waals surface area (Å²) in [4.78, 5) is 45.0. The van der Waals surface area contributed by atoms with Crippen LogP contribution in [0.4, 0.5) is 61.5 Å². The fraction of sp³-hybridized carbons (Fsp3) is 0.200. The number of rotatable bonds is 16. The number of ether oxygens (including phenoxy) is 2. The van der Waals surface area contributed by atoms with Gasteiger partial charge in [0.25, 0.3) is 0 Å². The highest BCUT2D eigenvalue weighted by atomic mass is 19.4. The van der Waals surface area contributed by atoms with Crippen molar-refractivity contribution in [1.82, 2.24) is 0 Å². The van der Waals surface area contributed by atoms with Crippen LogP contribution in [0.2, 0.25) is 0 Å². The number of carboxylic acids is 4. The van der Waals surface area contributed by atoms with E-state index in [1.165, 1.54) is 0 Å². The van der Waals surface area contributed by atoms with Crippen LogP contribution in [0.3, 0.4) is 0 Å². The summed E-state index contributed by atoms with van der Waals surface area (Å²) in [6.45, 7) is 0. The van der Waals surface area contributed by atoms with Gasteiger partial charge in [-0.25, -0.2) is 19.2 Å². The first-order valence-corrected chi connectivity index (χ1v) is 15.3. The summed E-state index contributed by atoms with van der Waals surface area (Å²) in [5.41, 5.74) is -8.05. The highest BCUT2D eigenvalue weighted by molar-refractivity contribution is 6.02. The van der Waals surface area contributed by atoms with Gasteiger partial charge in [0.05, 0.1) is 22.3 Å². The monoisotopic (exact) mass is 864 g/mol. The molecular formula is C35H18F14O10. The number of halogens is 14. The van der Waals surface area contributed by atoms with Crippen molar-refractivity contribution in [3.63, 3.8) is 0 Å². The van der Waals surface area contributed by atoms with E-state index in [1.807, 2.05) is 0 Å². The van der Waals surface area contributed by atoms with Crippen molar-refractivity contribution < 1.29 is 111 Å². The van der Waals surface area contributed by atoms with Gasteiger partial charge in [-0.1, -0.05) is 0 Å². The van der Waals surface area contributed by atoms with Crippen LogP contribution in [-0.4, -0.2) is 73.9 Å². The SMILES string of the molecule is O=C(O)c1ccc(Oc2ccc(C(F)(F)C(F)(F)C(F)(F)C(F)(F)C(F)(F)C(F)(F)C(F)(F)c3ccc(Oc4ccc(C(=O)O)c(C(=O)O)c4)cc3)cc2)cc1C(=O)O. The molecule has 0 bridgehead atoms. The first kappa shape index (κ1) is 45.1. The van der Waals surface area contributed by atoms with Gasteiger partial charge in [-0.2, -0.15) is 61.5 Å². The van der Waals surface area contributed by atoms with Crippen LogP contribution in [0.15, 0.2) is 84.9 Å². The highest BCUT2D eigenvalue weighted by Crippen LogP contribution is 2.65. The third-order valence-corrected chi connectivity index (χ3v) is 8.17. The van der Waals surface area contributed by atoms with Crippen molar-refractivity contribution in [3.8, 4) is 23.0 Å². The lowest BCUT2D eigenvalue weighted by Crippen LogP contribution is -2.72. The van der Waals surface area contributed by atoms with Crippen LogP contribution in [0, 0.1) is 0 Å². The van der Waals surface area contributed by atoms with Crippen LogP contribution in [0.25, 0.3) is 0 Å². The number of aromatic carboxylic acids is 4. The molecule has 4 aromatic rings. The summed E-state index contributed by atoms with van der Waals surface area (Å²) in [6.07, 6.45) is 0. The van der Waals surface area contributed by atoms with E-state index in [0.717, 1.165) is 12.1 Å². The second-order valence-electron chi connectivity index (χ2n) is 11.9. The van der Waals surface area contributed by atoms with Crippen molar-refractivity contribution in [1.29, 1.82) is 0 Å². The van der Waals surface area contributed by atoms with Crippen LogP contribution in [-0.2, 0) is 11.8 Å². The number of alkyl halides is 14. The number of carboxylic acid groups (broad SMARTS) is 4. The molecule has 0 amide bonds. The van der Waals surface area contributed by atoms with Crippen LogP contribution in [0.1, 0.15) is 52.6 Å². The Morgan fingerprint density at radius 2 is 0.576 bits per heavy atom. The summed E-state index contributed by atoms with van der Waals surface area (Å²) in [6, 6.07) is 4.21. The Hall–Kier alpha value is -6.62. The zero-order valence-corrected chi connectivity index (χ0v) is 28.1. The predicted molar refractivity (Wildman–Crippen MR) is 166 cm³/mol. The van der Waals surface area contributed by atoms with Crippen molar-refractivity contribution >= 4 is 23.9 Å². The second kappa shape index (κ2) is 15.0. The maximum Gasteiger partial charge on any atom is 0.385 e. The molecule has 4 aromatic carbocycles. The molecule has 0 radical (unpaired) electrons. The van der Waals surface area contributed by atoms with Crippen molar-refractivity contribution in [3.05, 3.63) is 118 Å². The van der Waals surface area contributed by atoms with E-state index < -0.39 is 122 Å². The van der Waals surface area contributed by atoms with E-state index in [0.29, 0.717) is 24.3 Å².